The Balaban J connectivity index is 1.50. The maximum Gasteiger partial charge on any atom is 0.269 e. The van der Waals surface area contributed by atoms with E-state index in [2.05, 4.69) is 15.6 Å². The quantitative estimate of drug-likeness (QED) is 0.572. The average Bonchev–Trinajstić information content (AvgIpc) is 2.72. The number of hydrogen-bond acceptors (Lipinski definition) is 4. The van der Waals surface area contributed by atoms with Crippen LogP contribution in [0, 0.1) is 0 Å². The molecular formula is C22H22ClN3O2. The number of pyridine rings is 1. The Morgan fingerprint density at radius 3 is 2.36 bits per heavy atom. The molecule has 0 saturated carbocycles. The van der Waals surface area contributed by atoms with Crippen LogP contribution < -0.4 is 15.4 Å². The SMILES string of the molecule is CCOc1ccc(Nc2ccc(C(=O)NCCc3ccc(Cl)cc3)nc2)cc1. The van der Waals surface area contributed by atoms with Crippen LogP contribution in [-0.4, -0.2) is 24.0 Å². The highest BCUT2D eigenvalue weighted by molar-refractivity contribution is 6.30. The highest BCUT2D eigenvalue weighted by Crippen LogP contribution is 2.19. The molecule has 1 heterocycles. The zero-order chi connectivity index (χ0) is 19.8. The Kier molecular flexibility index (Phi) is 6.87. The smallest absolute Gasteiger partial charge is 0.269 e. The van der Waals surface area contributed by atoms with E-state index in [1.165, 1.54) is 0 Å². The van der Waals surface area contributed by atoms with Crippen molar-refractivity contribution in [2.24, 2.45) is 0 Å². The third kappa shape index (κ3) is 5.72. The van der Waals surface area contributed by atoms with Crippen LogP contribution in [0.2, 0.25) is 5.02 Å². The van der Waals surface area contributed by atoms with Crippen LogP contribution in [0.3, 0.4) is 0 Å². The van der Waals surface area contributed by atoms with Crippen molar-refractivity contribution in [1.29, 1.82) is 0 Å². The van der Waals surface area contributed by atoms with Crippen molar-refractivity contribution in [2.75, 3.05) is 18.5 Å². The molecule has 0 unspecified atom stereocenters. The molecule has 3 rings (SSSR count). The number of benzene rings is 2. The van der Waals surface area contributed by atoms with Gasteiger partial charge in [0.1, 0.15) is 11.4 Å². The minimum Gasteiger partial charge on any atom is -0.494 e. The second kappa shape index (κ2) is 9.76. The third-order valence-corrected chi connectivity index (χ3v) is 4.31. The number of carbonyl (C=O) groups excluding carboxylic acids is 1. The van der Waals surface area contributed by atoms with Gasteiger partial charge in [0.2, 0.25) is 0 Å². The van der Waals surface area contributed by atoms with E-state index in [-0.39, 0.29) is 5.91 Å². The van der Waals surface area contributed by atoms with Gasteiger partial charge in [0.05, 0.1) is 18.5 Å². The molecule has 2 N–H and O–H groups in total. The van der Waals surface area contributed by atoms with E-state index in [9.17, 15) is 4.79 Å². The number of anilines is 2. The molecule has 0 aliphatic heterocycles. The fourth-order valence-corrected chi connectivity index (χ4v) is 2.76. The first-order chi connectivity index (χ1) is 13.6. The molecule has 0 aliphatic carbocycles. The predicted octanol–water partition coefficient (Wildman–Crippen LogP) is 4.85. The summed E-state index contributed by atoms with van der Waals surface area (Å²) < 4.78 is 5.43. The molecule has 1 amide bonds. The van der Waals surface area contributed by atoms with Gasteiger partial charge < -0.3 is 15.4 Å². The van der Waals surface area contributed by atoms with E-state index in [1.54, 1.807) is 12.3 Å². The summed E-state index contributed by atoms with van der Waals surface area (Å²) in [4.78, 5) is 16.5. The second-order valence-electron chi connectivity index (χ2n) is 6.15. The number of rotatable bonds is 8. The summed E-state index contributed by atoms with van der Waals surface area (Å²) in [5.41, 5.74) is 3.23. The number of ether oxygens (including phenoxy) is 1. The van der Waals surface area contributed by atoms with E-state index >= 15 is 0 Å². The Morgan fingerprint density at radius 2 is 1.71 bits per heavy atom. The fraction of sp³-hybridized carbons (Fsp3) is 0.182. The molecule has 0 fully saturated rings. The van der Waals surface area contributed by atoms with Crippen LogP contribution in [0.5, 0.6) is 5.75 Å². The van der Waals surface area contributed by atoms with Gasteiger partial charge in [0.25, 0.3) is 5.91 Å². The van der Waals surface area contributed by atoms with Crippen LogP contribution in [-0.2, 0) is 6.42 Å². The summed E-state index contributed by atoms with van der Waals surface area (Å²) in [5.74, 6) is 0.637. The van der Waals surface area contributed by atoms with Crippen molar-refractivity contribution < 1.29 is 9.53 Å². The van der Waals surface area contributed by atoms with Crippen LogP contribution in [0.15, 0.2) is 66.9 Å². The summed E-state index contributed by atoms with van der Waals surface area (Å²) in [6.07, 6.45) is 2.38. The molecule has 1 aromatic heterocycles. The summed E-state index contributed by atoms with van der Waals surface area (Å²) in [7, 11) is 0. The van der Waals surface area contributed by atoms with Crippen LogP contribution in [0.1, 0.15) is 23.0 Å². The van der Waals surface area contributed by atoms with Gasteiger partial charge >= 0.3 is 0 Å². The Morgan fingerprint density at radius 1 is 1.00 bits per heavy atom. The van der Waals surface area contributed by atoms with Crippen molar-refractivity contribution in [3.05, 3.63) is 83.1 Å². The first-order valence-electron chi connectivity index (χ1n) is 9.12. The predicted molar refractivity (Wildman–Crippen MR) is 113 cm³/mol. The summed E-state index contributed by atoms with van der Waals surface area (Å²) in [6.45, 7) is 3.13. The lowest BCUT2D eigenvalue weighted by atomic mass is 10.1. The maximum absolute atomic E-state index is 12.2. The first-order valence-corrected chi connectivity index (χ1v) is 9.50. The van der Waals surface area contributed by atoms with E-state index in [4.69, 9.17) is 16.3 Å². The van der Waals surface area contributed by atoms with Gasteiger partial charge in [0, 0.05) is 17.3 Å². The van der Waals surface area contributed by atoms with Crippen LogP contribution in [0.4, 0.5) is 11.4 Å². The first kappa shape index (κ1) is 19.7. The van der Waals surface area contributed by atoms with Crippen molar-refractivity contribution in [3.63, 3.8) is 0 Å². The van der Waals surface area contributed by atoms with E-state index < -0.39 is 0 Å². The highest BCUT2D eigenvalue weighted by Gasteiger charge is 2.07. The molecule has 0 spiro atoms. The monoisotopic (exact) mass is 395 g/mol. The zero-order valence-electron chi connectivity index (χ0n) is 15.6. The lowest BCUT2D eigenvalue weighted by Crippen LogP contribution is -2.26. The summed E-state index contributed by atoms with van der Waals surface area (Å²) >= 11 is 5.87. The molecule has 0 aliphatic rings. The van der Waals surface area contributed by atoms with Crippen molar-refractivity contribution in [3.8, 4) is 5.75 Å². The Hall–Kier alpha value is -3.05. The number of hydrogen-bond donors (Lipinski definition) is 2. The second-order valence-corrected chi connectivity index (χ2v) is 6.58. The van der Waals surface area contributed by atoms with Gasteiger partial charge in [0.15, 0.2) is 0 Å². The van der Waals surface area contributed by atoms with E-state index in [1.807, 2.05) is 61.5 Å². The fourth-order valence-electron chi connectivity index (χ4n) is 2.63. The number of nitrogens with zero attached hydrogens (tertiary/aromatic N) is 1. The molecular weight excluding hydrogens is 374 g/mol. The molecule has 3 aromatic rings. The van der Waals surface area contributed by atoms with Crippen molar-refractivity contribution in [2.45, 2.75) is 13.3 Å². The number of carbonyl (C=O) groups is 1. The van der Waals surface area contributed by atoms with Gasteiger partial charge in [-0.25, -0.2) is 4.98 Å². The number of halogens is 1. The van der Waals surface area contributed by atoms with Crippen molar-refractivity contribution in [1.82, 2.24) is 10.3 Å². The van der Waals surface area contributed by atoms with Crippen molar-refractivity contribution >= 4 is 28.9 Å². The number of aromatic nitrogens is 1. The number of amides is 1. The number of nitrogens with one attached hydrogen (secondary N) is 2. The largest absolute Gasteiger partial charge is 0.494 e. The molecule has 28 heavy (non-hydrogen) atoms. The third-order valence-electron chi connectivity index (χ3n) is 4.06. The minimum absolute atomic E-state index is 0.193. The lowest BCUT2D eigenvalue weighted by Gasteiger charge is -2.09. The van der Waals surface area contributed by atoms with Gasteiger partial charge in [-0.05, 0) is 67.4 Å². The van der Waals surface area contributed by atoms with Gasteiger partial charge in [-0.2, -0.15) is 0 Å². The van der Waals surface area contributed by atoms with Gasteiger partial charge in [-0.15, -0.1) is 0 Å². The zero-order valence-corrected chi connectivity index (χ0v) is 16.4. The lowest BCUT2D eigenvalue weighted by molar-refractivity contribution is 0.0949. The minimum atomic E-state index is -0.193. The highest BCUT2D eigenvalue weighted by atomic mass is 35.5. The molecule has 144 valence electrons. The summed E-state index contributed by atoms with van der Waals surface area (Å²) in [5, 5.41) is 6.83. The van der Waals surface area contributed by atoms with Gasteiger partial charge in [-0.1, -0.05) is 23.7 Å². The molecule has 0 bridgehead atoms. The molecule has 0 atom stereocenters. The maximum atomic E-state index is 12.2. The molecule has 0 saturated heterocycles. The Bertz CT molecular complexity index is 895. The molecule has 0 radical (unpaired) electrons. The average molecular weight is 396 g/mol. The Labute approximate surface area is 169 Å². The van der Waals surface area contributed by atoms with Crippen LogP contribution in [0.25, 0.3) is 0 Å². The summed E-state index contributed by atoms with van der Waals surface area (Å²) in [6, 6.07) is 18.8. The van der Waals surface area contributed by atoms with Gasteiger partial charge in [-0.3, -0.25) is 4.79 Å². The van der Waals surface area contributed by atoms with E-state index in [0.717, 1.165) is 29.1 Å². The molecule has 5 nitrogen and oxygen atoms in total. The van der Waals surface area contributed by atoms with Crippen LogP contribution >= 0.6 is 11.6 Å². The molecule has 6 heteroatoms. The standard InChI is InChI=1S/C22H22ClN3O2/c1-2-28-20-10-7-18(8-11-20)26-19-9-12-21(25-15-19)22(27)24-14-13-16-3-5-17(23)6-4-16/h3-12,15,26H,2,13-14H2,1H3,(H,24,27). The topological polar surface area (TPSA) is 63.2 Å². The normalized spacial score (nSPS) is 10.4. The van der Waals surface area contributed by atoms with E-state index in [0.29, 0.717) is 23.9 Å². The molecule has 2 aromatic carbocycles.